The average molecular weight is 254 g/mol. The van der Waals surface area contributed by atoms with Crippen molar-refractivity contribution in [3.8, 4) is 0 Å². The van der Waals surface area contributed by atoms with E-state index in [1.165, 1.54) is 24.8 Å². The van der Waals surface area contributed by atoms with E-state index in [2.05, 4.69) is 22.4 Å². The molecule has 3 heterocycles. The van der Waals surface area contributed by atoms with E-state index < -0.39 is 0 Å². The number of piperidine rings is 1. The van der Waals surface area contributed by atoms with Crippen LogP contribution in [0.3, 0.4) is 0 Å². The van der Waals surface area contributed by atoms with Gasteiger partial charge in [0.05, 0.1) is 0 Å². The molecule has 1 N–H and O–H groups in total. The third-order valence-electron chi connectivity index (χ3n) is 4.44. The first-order valence-electron chi connectivity index (χ1n) is 7.17. The molecule has 2 atom stereocenters. The Bertz CT molecular complexity index is 595. The smallest absolute Gasteiger partial charge is 0.153 e. The topological polar surface area (TPSA) is 38.1 Å². The monoisotopic (exact) mass is 254 g/mol. The summed E-state index contributed by atoms with van der Waals surface area (Å²) in [4.78, 5) is 4.34. The summed E-state index contributed by atoms with van der Waals surface area (Å²) in [6.45, 7) is 1.16. The number of hydrogen-bond acceptors (Lipinski definition) is 3. The molecule has 3 heteroatoms. The lowest BCUT2D eigenvalue weighted by atomic mass is 9.79. The fourth-order valence-electron chi connectivity index (χ4n) is 3.38. The van der Waals surface area contributed by atoms with E-state index in [-0.39, 0.29) is 0 Å². The molecule has 3 nitrogen and oxygen atoms in total. The molecule has 2 aliphatic rings. The van der Waals surface area contributed by atoms with Gasteiger partial charge in [-0.1, -0.05) is 6.08 Å². The lowest BCUT2D eigenvalue weighted by molar-refractivity contribution is 0.276. The molecule has 4 rings (SSSR count). The lowest BCUT2D eigenvalue weighted by Gasteiger charge is -2.35. The normalized spacial score (nSPS) is 27.1. The van der Waals surface area contributed by atoms with Gasteiger partial charge in [0.15, 0.2) is 5.58 Å². The van der Waals surface area contributed by atoms with Crippen LogP contribution in [-0.4, -0.2) is 17.6 Å². The summed E-state index contributed by atoms with van der Waals surface area (Å²) in [6.07, 6.45) is 9.13. The van der Waals surface area contributed by atoms with Gasteiger partial charge in [-0.3, -0.25) is 4.98 Å². The molecule has 0 radical (unpaired) electrons. The first-order chi connectivity index (χ1) is 9.40. The van der Waals surface area contributed by atoms with E-state index in [0.717, 1.165) is 35.7 Å². The SMILES string of the molecule is C1=C(c2cc3ncccc3o2)C[C@H]2NCCC[C@H]2C1. The summed E-state index contributed by atoms with van der Waals surface area (Å²) >= 11 is 0. The third-order valence-corrected chi connectivity index (χ3v) is 4.44. The fraction of sp³-hybridized carbons (Fsp3) is 0.438. The van der Waals surface area contributed by atoms with Crippen LogP contribution in [0.4, 0.5) is 0 Å². The number of rotatable bonds is 1. The summed E-state index contributed by atoms with van der Waals surface area (Å²) in [5.41, 5.74) is 3.18. The number of fused-ring (bicyclic) bond motifs is 2. The van der Waals surface area contributed by atoms with E-state index in [1.54, 1.807) is 0 Å². The first kappa shape index (κ1) is 11.2. The second-order valence-electron chi connectivity index (χ2n) is 5.63. The van der Waals surface area contributed by atoms with E-state index in [4.69, 9.17) is 4.42 Å². The summed E-state index contributed by atoms with van der Waals surface area (Å²) in [5, 5.41) is 3.66. The highest BCUT2D eigenvalue weighted by molar-refractivity contribution is 5.78. The van der Waals surface area contributed by atoms with Gasteiger partial charge in [-0.05, 0) is 55.9 Å². The molecule has 1 saturated heterocycles. The van der Waals surface area contributed by atoms with Crippen LogP contribution < -0.4 is 5.32 Å². The lowest BCUT2D eigenvalue weighted by Crippen LogP contribution is -2.42. The molecule has 1 aliphatic carbocycles. The van der Waals surface area contributed by atoms with Crippen LogP contribution in [0.15, 0.2) is 34.9 Å². The predicted molar refractivity (Wildman–Crippen MR) is 75.7 cm³/mol. The summed E-state index contributed by atoms with van der Waals surface area (Å²) in [5.74, 6) is 1.82. The average Bonchev–Trinajstić information content (AvgIpc) is 2.90. The molecule has 2 aromatic rings. The highest BCUT2D eigenvalue weighted by Gasteiger charge is 2.29. The zero-order valence-electron chi connectivity index (χ0n) is 10.9. The van der Waals surface area contributed by atoms with Gasteiger partial charge >= 0.3 is 0 Å². The Morgan fingerprint density at radius 1 is 1.37 bits per heavy atom. The van der Waals surface area contributed by atoms with Gasteiger partial charge in [0, 0.05) is 18.3 Å². The second kappa shape index (κ2) is 4.49. The number of hydrogen-bond donors (Lipinski definition) is 1. The first-order valence-corrected chi connectivity index (χ1v) is 7.17. The van der Waals surface area contributed by atoms with Crippen molar-refractivity contribution in [1.29, 1.82) is 0 Å². The van der Waals surface area contributed by atoms with Gasteiger partial charge in [0.1, 0.15) is 11.3 Å². The standard InChI is InChI=1S/C16H18N2O/c1-3-11-5-6-12(9-13(11)17-7-1)16-10-14-15(19-16)4-2-8-18-14/h2,4,6,8,10-11,13,17H,1,3,5,7,9H2/t11-,13+/m0/s1. The Morgan fingerprint density at radius 3 is 3.32 bits per heavy atom. The Balaban J connectivity index is 1.66. The Kier molecular flexibility index (Phi) is 2.66. The van der Waals surface area contributed by atoms with Gasteiger partial charge in [-0.25, -0.2) is 0 Å². The molecular formula is C16H18N2O. The third kappa shape index (κ3) is 1.98. The highest BCUT2D eigenvalue weighted by atomic mass is 16.3. The number of nitrogens with zero attached hydrogens (tertiary/aromatic N) is 1. The predicted octanol–water partition coefficient (Wildman–Crippen LogP) is 3.37. The summed E-state index contributed by atoms with van der Waals surface area (Å²) in [6, 6.07) is 6.61. The Morgan fingerprint density at radius 2 is 2.37 bits per heavy atom. The van der Waals surface area contributed by atoms with Crippen LogP contribution in [0.1, 0.15) is 31.4 Å². The zero-order valence-corrected chi connectivity index (χ0v) is 10.9. The number of nitrogens with one attached hydrogen (secondary N) is 1. The van der Waals surface area contributed by atoms with Gasteiger partial charge in [0.2, 0.25) is 0 Å². The van der Waals surface area contributed by atoms with Gasteiger partial charge < -0.3 is 9.73 Å². The summed E-state index contributed by atoms with van der Waals surface area (Å²) in [7, 11) is 0. The van der Waals surface area contributed by atoms with Crippen molar-refractivity contribution >= 4 is 16.7 Å². The summed E-state index contributed by atoms with van der Waals surface area (Å²) < 4.78 is 5.93. The number of allylic oxidation sites excluding steroid dienone is 1. The minimum atomic E-state index is 0.634. The Hall–Kier alpha value is -1.61. The van der Waals surface area contributed by atoms with Crippen LogP contribution in [-0.2, 0) is 0 Å². The Labute approximate surface area is 112 Å². The van der Waals surface area contributed by atoms with Crippen LogP contribution in [0.25, 0.3) is 16.7 Å². The van der Waals surface area contributed by atoms with Crippen molar-refractivity contribution in [1.82, 2.24) is 10.3 Å². The molecule has 0 amide bonds. The van der Waals surface area contributed by atoms with Crippen molar-refractivity contribution in [2.45, 2.75) is 31.7 Å². The van der Waals surface area contributed by atoms with E-state index >= 15 is 0 Å². The molecule has 1 aliphatic heterocycles. The number of aromatic nitrogens is 1. The van der Waals surface area contributed by atoms with Crippen LogP contribution >= 0.6 is 0 Å². The van der Waals surface area contributed by atoms with Gasteiger partial charge in [-0.15, -0.1) is 0 Å². The maximum Gasteiger partial charge on any atom is 0.153 e. The van der Waals surface area contributed by atoms with E-state index in [1.807, 2.05) is 18.3 Å². The molecule has 0 unspecified atom stereocenters. The van der Waals surface area contributed by atoms with Crippen LogP contribution in [0, 0.1) is 5.92 Å². The largest absolute Gasteiger partial charge is 0.455 e. The van der Waals surface area contributed by atoms with Gasteiger partial charge in [-0.2, -0.15) is 0 Å². The number of pyridine rings is 1. The molecule has 98 valence electrons. The molecular weight excluding hydrogens is 236 g/mol. The fourth-order valence-corrected chi connectivity index (χ4v) is 3.38. The van der Waals surface area contributed by atoms with Crippen molar-refractivity contribution in [2.75, 3.05) is 6.54 Å². The zero-order chi connectivity index (χ0) is 12.7. The molecule has 0 bridgehead atoms. The molecule has 0 spiro atoms. The van der Waals surface area contributed by atoms with Crippen LogP contribution in [0.5, 0.6) is 0 Å². The number of furan rings is 1. The molecule has 0 saturated carbocycles. The van der Waals surface area contributed by atoms with E-state index in [9.17, 15) is 0 Å². The quantitative estimate of drug-likeness (QED) is 0.848. The van der Waals surface area contributed by atoms with Crippen molar-refractivity contribution < 1.29 is 4.42 Å². The molecule has 1 fully saturated rings. The van der Waals surface area contributed by atoms with Crippen molar-refractivity contribution in [2.24, 2.45) is 5.92 Å². The molecule has 2 aromatic heterocycles. The highest BCUT2D eigenvalue weighted by Crippen LogP contribution is 2.36. The minimum Gasteiger partial charge on any atom is -0.455 e. The van der Waals surface area contributed by atoms with Crippen molar-refractivity contribution in [3.63, 3.8) is 0 Å². The minimum absolute atomic E-state index is 0.634. The maximum atomic E-state index is 5.93. The maximum absolute atomic E-state index is 5.93. The second-order valence-corrected chi connectivity index (χ2v) is 5.63. The van der Waals surface area contributed by atoms with E-state index in [0.29, 0.717) is 6.04 Å². The molecule has 19 heavy (non-hydrogen) atoms. The van der Waals surface area contributed by atoms with Crippen LogP contribution in [0.2, 0.25) is 0 Å². The molecule has 0 aromatic carbocycles. The van der Waals surface area contributed by atoms with Crippen molar-refractivity contribution in [3.05, 3.63) is 36.2 Å². The van der Waals surface area contributed by atoms with Gasteiger partial charge in [0.25, 0.3) is 0 Å².